The van der Waals surface area contributed by atoms with Gasteiger partial charge in [0.1, 0.15) is 0 Å². The quantitative estimate of drug-likeness (QED) is 0.831. The highest BCUT2D eigenvalue weighted by Crippen LogP contribution is 2.40. The van der Waals surface area contributed by atoms with Crippen LogP contribution in [0, 0.1) is 0 Å². The lowest BCUT2D eigenvalue weighted by atomic mass is 10.1. The largest absolute Gasteiger partial charge is 0.339 e. The smallest absolute Gasteiger partial charge is 0.231 e. The van der Waals surface area contributed by atoms with Gasteiger partial charge in [0.15, 0.2) is 11.6 Å². The van der Waals surface area contributed by atoms with Crippen LogP contribution in [0.5, 0.6) is 0 Å². The first-order valence-electron chi connectivity index (χ1n) is 8.65. The Balaban J connectivity index is 1.29. The average molecular weight is 315 g/mol. The predicted molar refractivity (Wildman–Crippen MR) is 79.7 cm³/mol. The maximum Gasteiger partial charge on any atom is 0.231 e. The summed E-state index contributed by atoms with van der Waals surface area (Å²) in [6, 6.07) is 0.735. The highest BCUT2D eigenvalue weighted by molar-refractivity contribution is 5.07. The topological polar surface area (TPSA) is 85.8 Å². The molecule has 0 bridgehead atoms. The molecule has 2 aliphatic carbocycles. The van der Waals surface area contributed by atoms with Crippen LogP contribution in [0.2, 0.25) is 0 Å². The lowest BCUT2D eigenvalue weighted by molar-refractivity contribution is 0.237. The first-order valence-corrected chi connectivity index (χ1v) is 8.65. The van der Waals surface area contributed by atoms with Gasteiger partial charge in [-0.3, -0.25) is 4.90 Å². The SMILES string of the molecule is CC(c1nnnn1C1CC1)N1CCC(c2nc(C3CC3)no2)C1. The van der Waals surface area contributed by atoms with Gasteiger partial charge in [-0.15, -0.1) is 5.10 Å². The first-order chi connectivity index (χ1) is 11.3. The molecule has 23 heavy (non-hydrogen) atoms. The third kappa shape index (κ3) is 2.45. The number of hydrogen-bond donors (Lipinski definition) is 0. The van der Waals surface area contributed by atoms with Crippen LogP contribution in [-0.2, 0) is 0 Å². The Kier molecular flexibility index (Phi) is 3.01. The average Bonchev–Trinajstić information content (AvgIpc) is 3.43. The number of tetrazole rings is 1. The van der Waals surface area contributed by atoms with E-state index in [1.807, 2.05) is 4.68 Å². The molecule has 2 atom stereocenters. The number of nitrogens with zero attached hydrogens (tertiary/aromatic N) is 7. The van der Waals surface area contributed by atoms with E-state index in [0.29, 0.717) is 17.9 Å². The Bertz CT molecular complexity index is 702. The maximum absolute atomic E-state index is 5.51. The molecule has 0 aromatic carbocycles. The summed E-state index contributed by atoms with van der Waals surface area (Å²) < 4.78 is 7.52. The van der Waals surface area contributed by atoms with E-state index >= 15 is 0 Å². The van der Waals surface area contributed by atoms with E-state index in [0.717, 1.165) is 37.0 Å². The molecular formula is C15H21N7O. The van der Waals surface area contributed by atoms with Crippen LogP contribution in [-0.4, -0.2) is 48.3 Å². The van der Waals surface area contributed by atoms with Gasteiger partial charge in [-0.05, 0) is 56.0 Å². The molecule has 1 saturated heterocycles. The Labute approximate surface area is 134 Å². The molecule has 2 aromatic heterocycles. The minimum absolute atomic E-state index is 0.224. The van der Waals surface area contributed by atoms with Gasteiger partial charge in [0.05, 0.1) is 18.0 Å². The van der Waals surface area contributed by atoms with Crippen molar-refractivity contribution in [3.8, 4) is 0 Å². The van der Waals surface area contributed by atoms with Crippen molar-refractivity contribution in [1.82, 2.24) is 35.2 Å². The summed E-state index contributed by atoms with van der Waals surface area (Å²) in [7, 11) is 0. The highest BCUT2D eigenvalue weighted by atomic mass is 16.5. The molecule has 5 rings (SSSR count). The normalized spacial score (nSPS) is 26.7. The Morgan fingerprint density at radius 1 is 1.13 bits per heavy atom. The van der Waals surface area contributed by atoms with Gasteiger partial charge in [0.2, 0.25) is 5.89 Å². The van der Waals surface area contributed by atoms with Crippen molar-refractivity contribution in [3.63, 3.8) is 0 Å². The number of aromatic nitrogens is 6. The standard InChI is InChI=1S/C15H21N7O/c1-9(14-17-19-20-22(14)12-4-5-12)21-7-6-11(8-21)15-16-13(18-23-15)10-2-3-10/h9-12H,2-8H2,1H3. The highest BCUT2D eigenvalue weighted by Gasteiger charge is 2.36. The van der Waals surface area contributed by atoms with Gasteiger partial charge in [-0.25, -0.2) is 4.68 Å². The third-order valence-electron chi connectivity index (χ3n) is 5.30. The fourth-order valence-corrected chi connectivity index (χ4v) is 3.48. The zero-order valence-corrected chi connectivity index (χ0v) is 13.3. The van der Waals surface area contributed by atoms with Crippen molar-refractivity contribution in [3.05, 3.63) is 17.5 Å². The molecule has 8 heteroatoms. The lowest BCUT2D eigenvalue weighted by Gasteiger charge is -2.22. The molecule has 3 heterocycles. The fourth-order valence-electron chi connectivity index (χ4n) is 3.48. The molecule has 0 N–H and O–H groups in total. The Morgan fingerprint density at radius 2 is 2.00 bits per heavy atom. The van der Waals surface area contributed by atoms with Crippen LogP contribution >= 0.6 is 0 Å². The summed E-state index contributed by atoms with van der Waals surface area (Å²) in [4.78, 5) is 7.04. The molecule has 122 valence electrons. The van der Waals surface area contributed by atoms with Crippen molar-refractivity contribution in [2.45, 2.75) is 62.9 Å². The van der Waals surface area contributed by atoms with Crippen LogP contribution in [0.25, 0.3) is 0 Å². The Morgan fingerprint density at radius 3 is 2.78 bits per heavy atom. The molecule has 0 radical (unpaired) electrons. The van der Waals surface area contributed by atoms with E-state index in [2.05, 4.69) is 37.5 Å². The first kappa shape index (κ1) is 13.6. The summed E-state index contributed by atoms with van der Waals surface area (Å²) in [6.45, 7) is 4.14. The second kappa shape index (κ2) is 5.09. The molecule has 3 aliphatic rings. The van der Waals surface area contributed by atoms with Crippen LogP contribution < -0.4 is 0 Å². The second-order valence-electron chi connectivity index (χ2n) is 7.13. The number of likely N-dealkylation sites (tertiary alicyclic amines) is 1. The van der Waals surface area contributed by atoms with E-state index in [4.69, 9.17) is 4.52 Å². The van der Waals surface area contributed by atoms with E-state index in [-0.39, 0.29) is 6.04 Å². The van der Waals surface area contributed by atoms with Gasteiger partial charge >= 0.3 is 0 Å². The molecule has 3 fully saturated rings. The van der Waals surface area contributed by atoms with Crippen molar-refractivity contribution < 1.29 is 4.52 Å². The van der Waals surface area contributed by atoms with E-state index < -0.39 is 0 Å². The van der Waals surface area contributed by atoms with Crippen molar-refractivity contribution >= 4 is 0 Å². The summed E-state index contributed by atoms with van der Waals surface area (Å²) in [5, 5.41) is 16.5. The van der Waals surface area contributed by atoms with Crippen molar-refractivity contribution in [2.24, 2.45) is 0 Å². The van der Waals surface area contributed by atoms with Crippen LogP contribution in [0.4, 0.5) is 0 Å². The van der Waals surface area contributed by atoms with Gasteiger partial charge in [-0.2, -0.15) is 4.98 Å². The van der Waals surface area contributed by atoms with Crippen LogP contribution in [0.15, 0.2) is 4.52 Å². The minimum atomic E-state index is 0.224. The lowest BCUT2D eigenvalue weighted by Crippen LogP contribution is -2.27. The molecule has 8 nitrogen and oxygen atoms in total. The zero-order valence-electron chi connectivity index (χ0n) is 13.3. The predicted octanol–water partition coefficient (Wildman–Crippen LogP) is 1.82. The molecule has 2 unspecified atom stereocenters. The molecule has 2 aromatic rings. The third-order valence-corrected chi connectivity index (χ3v) is 5.30. The maximum atomic E-state index is 5.51. The van der Waals surface area contributed by atoms with Crippen LogP contribution in [0.3, 0.4) is 0 Å². The molecule has 2 saturated carbocycles. The van der Waals surface area contributed by atoms with E-state index in [1.54, 1.807) is 0 Å². The fraction of sp³-hybridized carbons (Fsp3) is 0.800. The number of hydrogen-bond acceptors (Lipinski definition) is 7. The zero-order chi connectivity index (χ0) is 15.4. The van der Waals surface area contributed by atoms with E-state index in [9.17, 15) is 0 Å². The summed E-state index contributed by atoms with van der Waals surface area (Å²) >= 11 is 0. The minimum Gasteiger partial charge on any atom is -0.339 e. The summed E-state index contributed by atoms with van der Waals surface area (Å²) in [5.74, 6) is 3.58. The van der Waals surface area contributed by atoms with Gasteiger partial charge in [0.25, 0.3) is 0 Å². The summed E-state index contributed by atoms with van der Waals surface area (Å²) in [5.41, 5.74) is 0. The van der Waals surface area contributed by atoms with Gasteiger partial charge in [-0.1, -0.05) is 5.16 Å². The monoisotopic (exact) mass is 315 g/mol. The van der Waals surface area contributed by atoms with E-state index in [1.165, 1.54) is 25.7 Å². The van der Waals surface area contributed by atoms with Gasteiger partial charge in [0, 0.05) is 12.5 Å². The molecule has 0 spiro atoms. The second-order valence-corrected chi connectivity index (χ2v) is 7.13. The molecular weight excluding hydrogens is 294 g/mol. The molecule has 0 amide bonds. The van der Waals surface area contributed by atoms with Crippen molar-refractivity contribution in [2.75, 3.05) is 13.1 Å². The van der Waals surface area contributed by atoms with Crippen molar-refractivity contribution in [1.29, 1.82) is 0 Å². The van der Waals surface area contributed by atoms with Gasteiger partial charge < -0.3 is 4.52 Å². The number of rotatable bonds is 5. The summed E-state index contributed by atoms with van der Waals surface area (Å²) in [6.07, 6.45) is 5.85. The molecule has 1 aliphatic heterocycles. The Hall–Kier alpha value is -1.83. The van der Waals surface area contributed by atoms with Crippen LogP contribution in [0.1, 0.15) is 80.5 Å².